The van der Waals surface area contributed by atoms with Gasteiger partial charge in [-0.25, -0.2) is 0 Å². The molecule has 0 amide bonds. The molecular formula is C12H20. The topological polar surface area (TPSA) is 0 Å². The summed E-state index contributed by atoms with van der Waals surface area (Å²) in [6, 6.07) is 0. The first kappa shape index (κ1) is 8.34. The molecule has 0 bridgehead atoms. The second-order valence-corrected chi connectivity index (χ2v) is 4.72. The molecule has 2 aliphatic rings. The Kier molecular flexibility index (Phi) is 2.25. The van der Waals surface area contributed by atoms with Crippen LogP contribution in [0.4, 0.5) is 0 Å². The molecule has 1 saturated carbocycles. The van der Waals surface area contributed by atoms with Crippen molar-refractivity contribution in [1.29, 1.82) is 0 Å². The van der Waals surface area contributed by atoms with Crippen LogP contribution in [0.2, 0.25) is 0 Å². The standard InChI is InChI=1S/C12H20/c1-9-7-8-10(2)12-6-4-3-5-11(9)12/h7-12H,3-6H2,1-2H3. The molecule has 4 atom stereocenters. The molecule has 2 rings (SSSR count). The molecular weight excluding hydrogens is 144 g/mol. The molecule has 0 aromatic rings. The summed E-state index contributed by atoms with van der Waals surface area (Å²) in [5, 5.41) is 0. The molecule has 12 heavy (non-hydrogen) atoms. The Morgan fingerprint density at radius 2 is 1.25 bits per heavy atom. The number of allylic oxidation sites excluding steroid dienone is 2. The molecule has 0 aliphatic heterocycles. The van der Waals surface area contributed by atoms with E-state index < -0.39 is 0 Å². The molecule has 0 aromatic carbocycles. The molecule has 0 heterocycles. The van der Waals surface area contributed by atoms with Gasteiger partial charge in [-0.1, -0.05) is 38.8 Å². The fourth-order valence-corrected chi connectivity index (χ4v) is 3.13. The fourth-order valence-electron chi connectivity index (χ4n) is 3.13. The van der Waals surface area contributed by atoms with Crippen molar-refractivity contribution in [2.24, 2.45) is 23.7 Å². The van der Waals surface area contributed by atoms with Gasteiger partial charge in [0.05, 0.1) is 0 Å². The number of rotatable bonds is 0. The minimum atomic E-state index is 0.853. The van der Waals surface area contributed by atoms with Crippen LogP contribution in [0.25, 0.3) is 0 Å². The van der Waals surface area contributed by atoms with E-state index in [0.29, 0.717) is 0 Å². The van der Waals surface area contributed by atoms with E-state index in [1.165, 1.54) is 25.7 Å². The molecule has 68 valence electrons. The lowest BCUT2D eigenvalue weighted by molar-refractivity contribution is 0.146. The molecule has 0 saturated heterocycles. The van der Waals surface area contributed by atoms with Gasteiger partial charge in [-0.05, 0) is 36.5 Å². The molecule has 0 nitrogen and oxygen atoms in total. The number of hydrogen-bond acceptors (Lipinski definition) is 0. The average molecular weight is 164 g/mol. The highest BCUT2D eigenvalue weighted by Gasteiger charge is 2.33. The van der Waals surface area contributed by atoms with Crippen molar-refractivity contribution in [1.82, 2.24) is 0 Å². The van der Waals surface area contributed by atoms with Gasteiger partial charge in [0.15, 0.2) is 0 Å². The average Bonchev–Trinajstić information content (AvgIpc) is 2.12. The highest BCUT2D eigenvalue weighted by atomic mass is 14.4. The van der Waals surface area contributed by atoms with Gasteiger partial charge in [0.1, 0.15) is 0 Å². The van der Waals surface area contributed by atoms with Crippen LogP contribution in [-0.4, -0.2) is 0 Å². The Morgan fingerprint density at radius 3 is 1.67 bits per heavy atom. The largest absolute Gasteiger partial charge is 0.0851 e. The fraction of sp³-hybridized carbons (Fsp3) is 0.833. The molecule has 1 fully saturated rings. The van der Waals surface area contributed by atoms with Crippen LogP contribution in [-0.2, 0) is 0 Å². The SMILES string of the molecule is CC1C=CC(C)C2CCCCC12. The van der Waals surface area contributed by atoms with Crippen LogP contribution < -0.4 is 0 Å². The molecule has 0 spiro atoms. The van der Waals surface area contributed by atoms with Gasteiger partial charge in [0.2, 0.25) is 0 Å². The van der Waals surface area contributed by atoms with E-state index in [1.54, 1.807) is 0 Å². The molecule has 0 radical (unpaired) electrons. The Bertz CT molecular complexity index is 160. The maximum atomic E-state index is 2.44. The maximum absolute atomic E-state index is 2.44. The van der Waals surface area contributed by atoms with E-state index in [-0.39, 0.29) is 0 Å². The van der Waals surface area contributed by atoms with Crippen molar-refractivity contribution < 1.29 is 0 Å². The second-order valence-electron chi connectivity index (χ2n) is 4.72. The number of fused-ring (bicyclic) bond motifs is 1. The van der Waals surface area contributed by atoms with E-state index >= 15 is 0 Å². The summed E-state index contributed by atoms with van der Waals surface area (Å²) >= 11 is 0. The first-order valence-electron chi connectivity index (χ1n) is 5.47. The smallest absolute Gasteiger partial charge is 0.0231 e. The van der Waals surface area contributed by atoms with Crippen LogP contribution in [0, 0.1) is 23.7 Å². The normalized spacial score (nSPS) is 47.2. The first-order chi connectivity index (χ1) is 5.79. The first-order valence-corrected chi connectivity index (χ1v) is 5.47. The third kappa shape index (κ3) is 1.32. The van der Waals surface area contributed by atoms with E-state index in [2.05, 4.69) is 26.0 Å². The Balaban J connectivity index is 2.15. The molecule has 0 aromatic heterocycles. The Hall–Kier alpha value is -0.260. The minimum absolute atomic E-state index is 0.853. The van der Waals surface area contributed by atoms with E-state index in [9.17, 15) is 0 Å². The van der Waals surface area contributed by atoms with Gasteiger partial charge in [-0.2, -0.15) is 0 Å². The Labute approximate surface area is 76.1 Å². The van der Waals surface area contributed by atoms with Crippen molar-refractivity contribution in [3.63, 3.8) is 0 Å². The van der Waals surface area contributed by atoms with Gasteiger partial charge in [0, 0.05) is 0 Å². The van der Waals surface area contributed by atoms with Crippen molar-refractivity contribution in [3.8, 4) is 0 Å². The summed E-state index contributed by atoms with van der Waals surface area (Å²) in [5.41, 5.74) is 0. The predicted molar refractivity (Wildman–Crippen MR) is 52.9 cm³/mol. The van der Waals surface area contributed by atoms with Crippen LogP contribution in [0.3, 0.4) is 0 Å². The highest BCUT2D eigenvalue weighted by Crippen LogP contribution is 2.43. The van der Waals surface area contributed by atoms with Gasteiger partial charge in [-0.3, -0.25) is 0 Å². The van der Waals surface area contributed by atoms with Crippen molar-refractivity contribution in [2.45, 2.75) is 39.5 Å². The quantitative estimate of drug-likeness (QED) is 0.479. The molecule has 0 heteroatoms. The monoisotopic (exact) mass is 164 g/mol. The molecule has 4 unspecified atom stereocenters. The predicted octanol–water partition coefficient (Wildman–Crippen LogP) is 3.63. The van der Waals surface area contributed by atoms with Crippen molar-refractivity contribution in [2.75, 3.05) is 0 Å². The minimum Gasteiger partial charge on any atom is -0.0851 e. The molecule has 0 N–H and O–H groups in total. The maximum Gasteiger partial charge on any atom is -0.0231 e. The van der Waals surface area contributed by atoms with Crippen LogP contribution in [0.15, 0.2) is 12.2 Å². The summed E-state index contributed by atoms with van der Waals surface area (Å²) in [6.45, 7) is 4.79. The van der Waals surface area contributed by atoms with E-state index in [0.717, 1.165) is 23.7 Å². The zero-order chi connectivity index (χ0) is 8.55. The van der Waals surface area contributed by atoms with Crippen molar-refractivity contribution in [3.05, 3.63) is 12.2 Å². The van der Waals surface area contributed by atoms with Crippen LogP contribution in [0.5, 0.6) is 0 Å². The van der Waals surface area contributed by atoms with Gasteiger partial charge in [-0.15, -0.1) is 0 Å². The lowest BCUT2D eigenvalue weighted by atomic mass is 9.65. The lowest BCUT2D eigenvalue weighted by Crippen LogP contribution is -2.31. The summed E-state index contributed by atoms with van der Waals surface area (Å²) in [4.78, 5) is 0. The third-order valence-electron chi connectivity index (χ3n) is 3.94. The van der Waals surface area contributed by atoms with Crippen molar-refractivity contribution >= 4 is 0 Å². The van der Waals surface area contributed by atoms with Crippen LogP contribution >= 0.6 is 0 Å². The summed E-state index contributed by atoms with van der Waals surface area (Å²) in [6.07, 6.45) is 10.8. The Morgan fingerprint density at radius 1 is 0.833 bits per heavy atom. The highest BCUT2D eigenvalue weighted by molar-refractivity contribution is 5.03. The van der Waals surface area contributed by atoms with E-state index in [4.69, 9.17) is 0 Å². The van der Waals surface area contributed by atoms with E-state index in [1.807, 2.05) is 0 Å². The summed E-state index contributed by atoms with van der Waals surface area (Å²) in [5.74, 6) is 3.73. The molecule has 2 aliphatic carbocycles. The van der Waals surface area contributed by atoms with Gasteiger partial charge < -0.3 is 0 Å². The zero-order valence-corrected chi connectivity index (χ0v) is 8.29. The zero-order valence-electron chi connectivity index (χ0n) is 8.29. The lowest BCUT2D eigenvalue weighted by Gasteiger charge is -2.40. The van der Waals surface area contributed by atoms with Gasteiger partial charge in [0.25, 0.3) is 0 Å². The second kappa shape index (κ2) is 3.24. The number of hydrogen-bond donors (Lipinski definition) is 0. The van der Waals surface area contributed by atoms with Crippen LogP contribution in [0.1, 0.15) is 39.5 Å². The third-order valence-corrected chi connectivity index (χ3v) is 3.94. The summed E-state index contributed by atoms with van der Waals surface area (Å²) < 4.78 is 0. The summed E-state index contributed by atoms with van der Waals surface area (Å²) in [7, 11) is 0. The van der Waals surface area contributed by atoms with Gasteiger partial charge >= 0.3 is 0 Å².